The summed E-state index contributed by atoms with van der Waals surface area (Å²) >= 11 is 0. The number of hydrogen-bond acceptors (Lipinski definition) is 1. The van der Waals surface area contributed by atoms with Gasteiger partial charge in [0.05, 0.1) is 0 Å². The highest BCUT2D eigenvalue weighted by atomic mass is 16.4. The Morgan fingerprint density at radius 2 is 2.14 bits per heavy atom. The maximum Gasteiger partial charge on any atom is 0.328 e. The van der Waals surface area contributed by atoms with Crippen LogP contribution >= 0.6 is 0 Å². The molecule has 2 rings (SSSR count). The summed E-state index contributed by atoms with van der Waals surface area (Å²) in [6.07, 6.45) is 5.07. The third kappa shape index (κ3) is 1.13. The van der Waals surface area contributed by atoms with Gasteiger partial charge in [-0.3, -0.25) is 0 Å². The van der Waals surface area contributed by atoms with Crippen LogP contribution in [0.1, 0.15) is 40.0 Å². The fourth-order valence-electron chi connectivity index (χ4n) is 3.58. The van der Waals surface area contributed by atoms with Gasteiger partial charge < -0.3 is 5.11 Å². The van der Waals surface area contributed by atoms with Crippen LogP contribution in [-0.4, -0.2) is 11.1 Å². The van der Waals surface area contributed by atoms with Crippen LogP contribution < -0.4 is 0 Å². The topological polar surface area (TPSA) is 37.3 Å². The lowest BCUT2D eigenvalue weighted by Crippen LogP contribution is -2.27. The van der Waals surface area contributed by atoms with Crippen LogP contribution in [0.25, 0.3) is 0 Å². The van der Waals surface area contributed by atoms with Crippen molar-refractivity contribution in [1.29, 1.82) is 0 Å². The molecule has 0 heterocycles. The zero-order valence-corrected chi connectivity index (χ0v) is 9.13. The van der Waals surface area contributed by atoms with Crippen molar-refractivity contribution in [3.05, 3.63) is 11.6 Å². The molecule has 1 N–H and O–H groups in total. The quantitative estimate of drug-likeness (QED) is 0.652. The van der Waals surface area contributed by atoms with Gasteiger partial charge in [0, 0.05) is 6.08 Å². The average Bonchev–Trinajstić information content (AvgIpc) is 2.49. The van der Waals surface area contributed by atoms with Crippen LogP contribution in [-0.2, 0) is 4.79 Å². The van der Waals surface area contributed by atoms with Gasteiger partial charge in [0.1, 0.15) is 0 Å². The minimum Gasteiger partial charge on any atom is -0.478 e. The largest absolute Gasteiger partial charge is 0.478 e. The van der Waals surface area contributed by atoms with Crippen LogP contribution in [0.2, 0.25) is 0 Å². The van der Waals surface area contributed by atoms with E-state index >= 15 is 0 Å². The molecule has 2 saturated carbocycles. The molecule has 0 aromatic heterocycles. The summed E-state index contributed by atoms with van der Waals surface area (Å²) in [5.41, 5.74) is 1.44. The van der Waals surface area contributed by atoms with E-state index in [4.69, 9.17) is 5.11 Å². The molecular weight excluding hydrogens is 176 g/mol. The third-order valence-corrected chi connectivity index (χ3v) is 4.37. The van der Waals surface area contributed by atoms with E-state index in [0.29, 0.717) is 5.92 Å². The minimum absolute atomic E-state index is 0.103. The predicted octanol–water partition coefficient (Wildman–Crippen LogP) is 2.84. The first kappa shape index (κ1) is 9.75. The summed E-state index contributed by atoms with van der Waals surface area (Å²) in [6.45, 7) is 6.60. The lowest BCUT2D eigenvalue weighted by atomic mass is 9.68. The smallest absolute Gasteiger partial charge is 0.328 e. The lowest BCUT2D eigenvalue weighted by Gasteiger charge is -2.36. The summed E-state index contributed by atoms with van der Waals surface area (Å²) in [4.78, 5) is 10.8. The third-order valence-electron chi connectivity index (χ3n) is 4.37. The second kappa shape index (κ2) is 2.62. The second-order valence-electron chi connectivity index (χ2n) is 5.62. The van der Waals surface area contributed by atoms with Crippen molar-refractivity contribution in [1.82, 2.24) is 0 Å². The first-order valence-electron chi connectivity index (χ1n) is 5.32. The van der Waals surface area contributed by atoms with Crippen LogP contribution in [0, 0.1) is 16.7 Å². The molecule has 0 radical (unpaired) electrons. The van der Waals surface area contributed by atoms with Gasteiger partial charge in [-0.25, -0.2) is 4.79 Å². The molecule has 0 aromatic carbocycles. The van der Waals surface area contributed by atoms with Gasteiger partial charge >= 0.3 is 5.97 Å². The Hall–Kier alpha value is -0.790. The Balaban J connectivity index is 2.44. The zero-order valence-electron chi connectivity index (χ0n) is 9.13. The molecule has 0 aromatic rings. The number of allylic oxidation sites excluding steroid dienone is 1. The second-order valence-corrected chi connectivity index (χ2v) is 5.62. The minimum atomic E-state index is -0.790. The number of carboxylic acid groups (broad SMARTS) is 1. The van der Waals surface area contributed by atoms with Gasteiger partial charge in [0.25, 0.3) is 0 Å². The number of rotatable bonds is 1. The number of hydrogen-bond donors (Lipinski definition) is 1. The van der Waals surface area contributed by atoms with E-state index in [0.717, 1.165) is 5.57 Å². The molecule has 2 fully saturated rings. The Bertz CT molecular complexity index is 308. The van der Waals surface area contributed by atoms with Crippen molar-refractivity contribution in [2.24, 2.45) is 16.7 Å². The van der Waals surface area contributed by atoms with Gasteiger partial charge in [0.2, 0.25) is 0 Å². The first-order valence-corrected chi connectivity index (χ1v) is 5.32. The lowest BCUT2D eigenvalue weighted by molar-refractivity contribution is -0.131. The van der Waals surface area contributed by atoms with Crippen LogP contribution in [0.5, 0.6) is 0 Å². The summed E-state index contributed by atoms with van der Waals surface area (Å²) < 4.78 is 0. The highest BCUT2D eigenvalue weighted by Gasteiger charge is 2.55. The maximum atomic E-state index is 10.8. The van der Waals surface area contributed by atoms with Gasteiger partial charge in [0.15, 0.2) is 0 Å². The van der Waals surface area contributed by atoms with Gasteiger partial charge in [-0.15, -0.1) is 0 Å². The van der Waals surface area contributed by atoms with Crippen molar-refractivity contribution in [2.75, 3.05) is 0 Å². The molecule has 0 spiro atoms. The van der Waals surface area contributed by atoms with Crippen LogP contribution in [0.15, 0.2) is 11.6 Å². The standard InChI is InChI=1S/C12H18O2/c1-11(2)8-4-5-12(3,7-8)9(11)6-10(13)14/h6,8H,4-5,7H2,1-3H3,(H,13,14). The molecule has 2 unspecified atom stereocenters. The molecule has 2 nitrogen and oxygen atoms in total. The number of carboxylic acids is 1. The number of carbonyl (C=O) groups is 1. The average molecular weight is 194 g/mol. The predicted molar refractivity (Wildman–Crippen MR) is 54.9 cm³/mol. The van der Waals surface area contributed by atoms with Crippen LogP contribution in [0.3, 0.4) is 0 Å². The first-order chi connectivity index (χ1) is 6.36. The van der Waals surface area contributed by atoms with E-state index < -0.39 is 5.97 Å². The summed E-state index contributed by atoms with van der Waals surface area (Å²) in [5, 5.41) is 8.87. The zero-order chi connectivity index (χ0) is 10.6. The molecule has 2 heteroatoms. The van der Waals surface area contributed by atoms with E-state index in [-0.39, 0.29) is 10.8 Å². The molecule has 78 valence electrons. The number of fused-ring (bicyclic) bond motifs is 2. The van der Waals surface area contributed by atoms with Crippen molar-refractivity contribution in [3.63, 3.8) is 0 Å². The van der Waals surface area contributed by atoms with E-state index in [1.165, 1.54) is 25.3 Å². The normalized spacial score (nSPS) is 41.9. The van der Waals surface area contributed by atoms with Gasteiger partial charge in [-0.2, -0.15) is 0 Å². The van der Waals surface area contributed by atoms with E-state index in [2.05, 4.69) is 20.8 Å². The summed E-state index contributed by atoms with van der Waals surface area (Å²) in [6, 6.07) is 0. The Morgan fingerprint density at radius 3 is 2.57 bits per heavy atom. The van der Waals surface area contributed by atoms with Gasteiger partial charge in [-0.1, -0.05) is 26.3 Å². The fourth-order valence-corrected chi connectivity index (χ4v) is 3.58. The molecule has 2 aliphatic carbocycles. The summed E-state index contributed by atoms with van der Waals surface area (Å²) in [5.74, 6) is -0.0973. The molecule has 0 saturated heterocycles. The highest BCUT2D eigenvalue weighted by molar-refractivity contribution is 5.81. The fraction of sp³-hybridized carbons (Fsp3) is 0.750. The number of aliphatic carboxylic acids is 1. The SMILES string of the molecule is CC12CCC(C1)C(C)(C)C2=CC(=O)O. The van der Waals surface area contributed by atoms with Crippen molar-refractivity contribution in [3.8, 4) is 0 Å². The van der Waals surface area contributed by atoms with E-state index in [1.54, 1.807) is 0 Å². The molecule has 14 heavy (non-hydrogen) atoms. The molecule has 2 atom stereocenters. The Morgan fingerprint density at radius 1 is 1.50 bits per heavy atom. The van der Waals surface area contributed by atoms with E-state index in [1.807, 2.05) is 0 Å². The van der Waals surface area contributed by atoms with Crippen molar-refractivity contribution >= 4 is 5.97 Å². The van der Waals surface area contributed by atoms with E-state index in [9.17, 15) is 4.79 Å². The van der Waals surface area contributed by atoms with Crippen molar-refractivity contribution < 1.29 is 9.90 Å². The molecule has 0 amide bonds. The Labute approximate surface area is 85.0 Å². The maximum absolute atomic E-state index is 10.8. The van der Waals surface area contributed by atoms with Gasteiger partial charge in [-0.05, 0) is 36.0 Å². The molecule has 2 aliphatic rings. The molecule has 0 aliphatic heterocycles. The monoisotopic (exact) mass is 194 g/mol. The molecule has 2 bridgehead atoms. The molecular formula is C12H18O2. The Kier molecular flexibility index (Phi) is 1.82. The van der Waals surface area contributed by atoms with Crippen LogP contribution in [0.4, 0.5) is 0 Å². The van der Waals surface area contributed by atoms with Crippen molar-refractivity contribution in [2.45, 2.75) is 40.0 Å². The highest BCUT2D eigenvalue weighted by Crippen LogP contribution is 2.65. The summed E-state index contributed by atoms with van der Waals surface area (Å²) in [7, 11) is 0.